The second kappa shape index (κ2) is 7.40. The number of carbonyl (C=O) groups excluding carboxylic acids is 1. The van der Waals surface area contributed by atoms with Gasteiger partial charge in [-0.15, -0.1) is 11.3 Å². The molecule has 0 N–H and O–H groups in total. The molecule has 5 heteroatoms. The van der Waals surface area contributed by atoms with Gasteiger partial charge in [0.05, 0.1) is 27.4 Å². The van der Waals surface area contributed by atoms with Crippen LogP contribution >= 0.6 is 11.3 Å². The topological polar surface area (TPSA) is 63.0 Å². The molecule has 0 atom stereocenters. The molecule has 4 nitrogen and oxygen atoms in total. The molecule has 0 spiro atoms. The molecular weight excluding hydrogens is 356 g/mol. The fourth-order valence-electron chi connectivity index (χ4n) is 2.74. The standard InChI is InChI=1S/C22H14N2O2S/c23-13-15-9-11-16(12-10-15)14-26-22(25)18-6-2-1-5-17(18)21-24-19-7-3-4-8-20(19)27-21/h1-12H,14H2. The summed E-state index contributed by atoms with van der Waals surface area (Å²) in [5.74, 6) is -0.394. The maximum atomic E-state index is 12.7. The van der Waals surface area contributed by atoms with Gasteiger partial charge in [-0.05, 0) is 35.9 Å². The van der Waals surface area contributed by atoms with Crippen molar-refractivity contribution in [1.82, 2.24) is 4.98 Å². The van der Waals surface area contributed by atoms with Crippen LogP contribution < -0.4 is 0 Å². The third kappa shape index (κ3) is 3.57. The van der Waals surface area contributed by atoms with Crippen LogP contribution in [-0.2, 0) is 11.3 Å². The van der Waals surface area contributed by atoms with Crippen molar-refractivity contribution in [3.8, 4) is 16.6 Å². The summed E-state index contributed by atoms with van der Waals surface area (Å²) in [6.45, 7) is 0.152. The summed E-state index contributed by atoms with van der Waals surface area (Å²) in [6, 6.07) is 24.3. The highest BCUT2D eigenvalue weighted by Gasteiger charge is 2.16. The SMILES string of the molecule is N#Cc1ccc(COC(=O)c2ccccc2-c2nc3ccccc3s2)cc1. The van der Waals surface area contributed by atoms with Gasteiger partial charge in [-0.25, -0.2) is 9.78 Å². The Bertz CT molecular complexity index is 1120. The van der Waals surface area contributed by atoms with Gasteiger partial charge in [-0.2, -0.15) is 5.26 Å². The van der Waals surface area contributed by atoms with Gasteiger partial charge in [0.1, 0.15) is 11.6 Å². The minimum Gasteiger partial charge on any atom is -0.457 e. The Morgan fingerprint density at radius 3 is 2.52 bits per heavy atom. The Kier molecular flexibility index (Phi) is 4.65. The fourth-order valence-corrected chi connectivity index (χ4v) is 3.74. The number of fused-ring (bicyclic) bond motifs is 1. The van der Waals surface area contributed by atoms with E-state index in [4.69, 9.17) is 10.00 Å². The summed E-state index contributed by atoms with van der Waals surface area (Å²) in [5, 5.41) is 9.64. The van der Waals surface area contributed by atoms with E-state index < -0.39 is 5.97 Å². The van der Waals surface area contributed by atoms with E-state index in [2.05, 4.69) is 11.1 Å². The van der Waals surface area contributed by atoms with Crippen molar-refractivity contribution in [2.75, 3.05) is 0 Å². The summed E-state index contributed by atoms with van der Waals surface area (Å²) >= 11 is 1.55. The highest BCUT2D eigenvalue weighted by atomic mass is 32.1. The maximum absolute atomic E-state index is 12.7. The van der Waals surface area contributed by atoms with Crippen LogP contribution in [0.4, 0.5) is 0 Å². The van der Waals surface area contributed by atoms with E-state index in [1.807, 2.05) is 42.5 Å². The van der Waals surface area contributed by atoms with Crippen LogP contribution in [0.1, 0.15) is 21.5 Å². The van der Waals surface area contributed by atoms with Crippen molar-refractivity contribution in [2.24, 2.45) is 0 Å². The van der Waals surface area contributed by atoms with Crippen LogP contribution in [0.25, 0.3) is 20.8 Å². The summed E-state index contributed by atoms with van der Waals surface area (Å²) in [4.78, 5) is 17.3. The molecule has 0 bridgehead atoms. The molecule has 0 fully saturated rings. The normalized spacial score (nSPS) is 10.5. The van der Waals surface area contributed by atoms with E-state index in [0.29, 0.717) is 11.1 Å². The molecule has 0 aliphatic rings. The molecular formula is C22H14N2O2S. The molecule has 0 saturated carbocycles. The number of hydrogen-bond acceptors (Lipinski definition) is 5. The lowest BCUT2D eigenvalue weighted by atomic mass is 10.1. The molecule has 0 aliphatic carbocycles. The maximum Gasteiger partial charge on any atom is 0.339 e. The van der Waals surface area contributed by atoms with E-state index in [-0.39, 0.29) is 6.61 Å². The number of nitriles is 1. The molecule has 1 aromatic heterocycles. The Morgan fingerprint density at radius 1 is 1.00 bits per heavy atom. The molecule has 0 amide bonds. The Hall–Kier alpha value is -3.49. The van der Waals surface area contributed by atoms with Crippen molar-refractivity contribution in [3.05, 3.63) is 89.5 Å². The van der Waals surface area contributed by atoms with Gasteiger partial charge in [-0.1, -0.05) is 42.5 Å². The van der Waals surface area contributed by atoms with Gasteiger partial charge in [-0.3, -0.25) is 0 Å². The van der Waals surface area contributed by atoms with E-state index in [9.17, 15) is 4.79 Å². The molecule has 3 aromatic carbocycles. The van der Waals surface area contributed by atoms with Gasteiger partial charge in [0.25, 0.3) is 0 Å². The highest BCUT2D eigenvalue weighted by Crippen LogP contribution is 2.32. The quantitative estimate of drug-likeness (QED) is 0.464. The van der Waals surface area contributed by atoms with Crippen molar-refractivity contribution in [3.63, 3.8) is 0 Å². The molecule has 4 aromatic rings. The minimum absolute atomic E-state index is 0.152. The first-order valence-corrected chi connectivity index (χ1v) is 9.17. The van der Waals surface area contributed by atoms with Crippen molar-refractivity contribution in [1.29, 1.82) is 5.26 Å². The lowest BCUT2D eigenvalue weighted by molar-refractivity contribution is 0.0473. The third-order valence-corrected chi connectivity index (χ3v) is 5.19. The number of hydrogen-bond donors (Lipinski definition) is 0. The average Bonchev–Trinajstić information content (AvgIpc) is 3.16. The van der Waals surface area contributed by atoms with Crippen LogP contribution in [0.15, 0.2) is 72.8 Å². The summed E-state index contributed by atoms with van der Waals surface area (Å²) < 4.78 is 6.56. The molecule has 0 radical (unpaired) electrons. The van der Waals surface area contributed by atoms with Gasteiger partial charge in [0.15, 0.2) is 0 Å². The van der Waals surface area contributed by atoms with Crippen LogP contribution in [0, 0.1) is 11.3 Å². The molecule has 4 rings (SSSR count). The smallest absolute Gasteiger partial charge is 0.339 e. The van der Waals surface area contributed by atoms with Crippen LogP contribution in [0.5, 0.6) is 0 Å². The van der Waals surface area contributed by atoms with Crippen LogP contribution in [0.3, 0.4) is 0 Å². The molecule has 1 heterocycles. The molecule has 0 aliphatic heterocycles. The monoisotopic (exact) mass is 370 g/mol. The second-order valence-electron chi connectivity index (χ2n) is 5.92. The zero-order valence-corrected chi connectivity index (χ0v) is 15.1. The Labute approximate surface area is 160 Å². The number of para-hydroxylation sites is 1. The molecule has 0 saturated heterocycles. The number of rotatable bonds is 4. The molecule has 130 valence electrons. The predicted octanol–water partition coefficient (Wildman–Crippen LogP) is 5.19. The van der Waals surface area contributed by atoms with Crippen LogP contribution in [-0.4, -0.2) is 11.0 Å². The number of aromatic nitrogens is 1. The predicted molar refractivity (Wildman–Crippen MR) is 105 cm³/mol. The second-order valence-corrected chi connectivity index (χ2v) is 6.95. The van der Waals surface area contributed by atoms with Gasteiger partial charge < -0.3 is 4.74 Å². The number of benzene rings is 3. The number of nitrogens with zero attached hydrogens (tertiary/aromatic N) is 2. The first kappa shape index (κ1) is 17.0. The summed E-state index contributed by atoms with van der Waals surface area (Å²) in [6.07, 6.45) is 0. The number of ether oxygens (including phenoxy) is 1. The van der Waals surface area contributed by atoms with E-state index in [0.717, 1.165) is 26.4 Å². The summed E-state index contributed by atoms with van der Waals surface area (Å²) in [7, 11) is 0. The van der Waals surface area contributed by atoms with E-state index >= 15 is 0 Å². The van der Waals surface area contributed by atoms with Crippen LogP contribution in [0.2, 0.25) is 0 Å². The van der Waals surface area contributed by atoms with Crippen molar-refractivity contribution < 1.29 is 9.53 Å². The van der Waals surface area contributed by atoms with Gasteiger partial charge in [0.2, 0.25) is 0 Å². The largest absolute Gasteiger partial charge is 0.457 e. The third-order valence-electron chi connectivity index (χ3n) is 4.12. The first-order valence-electron chi connectivity index (χ1n) is 8.36. The zero-order valence-electron chi connectivity index (χ0n) is 14.3. The van der Waals surface area contributed by atoms with Gasteiger partial charge in [0, 0.05) is 5.56 Å². The summed E-state index contributed by atoms with van der Waals surface area (Å²) in [5.41, 5.74) is 3.58. The number of carbonyl (C=O) groups is 1. The first-order chi connectivity index (χ1) is 13.2. The number of esters is 1. The lowest BCUT2D eigenvalue weighted by Crippen LogP contribution is -2.07. The fraction of sp³-hybridized carbons (Fsp3) is 0.0455. The Balaban J connectivity index is 1.58. The lowest BCUT2D eigenvalue weighted by Gasteiger charge is -2.08. The molecule has 0 unspecified atom stereocenters. The highest BCUT2D eigenvalue weighted by molar-refractivity contribution is 7.21. The van der Waals surface area contributed by atoms with Crippen molar-refractivity contribution in [2.45, 2.75) is 6.61 Å². The number of thiazole rings is 1. The zero-order chi connectivity index (χ0) is 18.6. The van der Waals surface area contributed by atoms with E-state index in [1.165, 1.54) is 0 Å². The van der Waals surface area contributed by atoms with E-state index in [1.54, 1.807) is 41.7 Å². The van der Waals surface area contributed by atoms with Gasteiger partial charge >= 0.3 is 5.97 Å². The van der Waals surface area contributed by atoms with Crippen molar-refractivity contribution >= 4 is 27.5 Å². The molecule has 27 heavy (non-hydrogen) atoms. The minimum atomic E-state index is -0.394. The average molecular weight is 370 g/mol. The Morgan fingerprint density at radius 2 is 1.74 bits per heavy atom.